The van der Waals surface area contributed by atoms with Gasteiger partial charge in [-0.25, -0.2) is 0 Å². The van der Waals surface area contributed by atoms with Crippen LogP contribution in [0.2, 0.25) is 0 Å². The van der Waals surface area contributed by atoms with E-state index in [1.807, 2.05) is 0 Å². The van der Waals surface area contributed by atoms with Crippen LogP contribution in [-0.2, 0) is 0 Å². The third-order valence-electron chi connectivity index (χ3n) is 3.82. The Morgan fingerprint density at radius 2 is 1.75 bits per heavy atom. The molecular formula is C10H16Cl2. The topological polar surface area (TPSA) is 0 Å². The summed E-state index contributed by atoms with van der Waals surface area (Å²) < 4.78 is -0.392. The van der Waals surface area contributed by atoms with Crippen molar-refractivity contribution >= 4 is 23.2 Å². The fraction of sp³-hybridized carbons (Fsp3) is 1.00. The van der Waals surface area contributed by atoms with Crippen LogP contribution < -0.4 is 0 Å². The van der Waals surface area contributed by atoms with Crippen LogP contribution in [0.3, 0.4) is 0 Å². The van der Waals surface area contributed by atoms with E-state index in [0.717, 1.165) is 0 Å². The van der Waals surface area contributed by atoms with Gasteiger partial charge in [-0.15, -0.1) is 23.2 Å². The Morgan fingerprint density at radius 1 is 1.08 bits per heavy atom. The van der Waals surface area contributed by atoms with Gasteiger partial charge in [-0.1, -0.05) is 32.6 Å². The Bertz CT molecular complexity index is 188. The highest BCUT2D eigenvalue weighted by atomic mass is 35.5. The summed E-state index contributed by atoms with van der Waals surface area (Å²) in [6, 6.07) is 0. The SMILES string of the molecule is CC12CCCCCCC1C2(Cl)Cl. The van der Waals surface area contributed by atoms with Gasteiger partial charge in [-0.05, 0) is 12.8 Å². The van der Waals surface area contributed by atoms with Crippen LogP contribution in [0.15, 0.2) is 0 Å². The first-order valence-electron chi connectivity index (χ1n) is 4.97. The van der Waals surface area contributed by atoms with E-state index in [1.54, 1.807) is 0 Å². The molecule has 2 aliphatic rings. The van der Waals surface area contributed by atoms with Crippen LogP contribution in [0.4, 0.5) is 0 Å². The molecule has 0 bridgehead atoms. The lowest BCUT2D eigenvalue weighted by Gasteiger charge is -2.13. The second-order valence-corrected chi connectivity index (χ2v) is 5.93. The maximum atomic E-state index is 6.27. The molecule has 0 amide bonds. The average Bonchev–Trinajstić information content (AvgIpc) is 2.32. The van der Waals surface area contributed by atoms with Crippen molar-refractivity contribution in [1.82, 2.24) is 0 Å². The molecule has 0 N–H and O–H groups in total. The first-order chi connectivity index (χ1) is 5.59. The Morgan fingerprint density at radius 3 is 2.50 bits per heavy atom. The highest BCUT2D eigenvalue weighted by Crippen LogP contribution is 2.73. The molecule has 2 saturated carbocycles. The van der Waals surface area contributed by atoms with Crippen molar-refractivity contribution in [3.8, 4) is 0 Å². The van der Waals surface area contributed by atoms with E-state index >= 15 is 0 Å². The summed E-state index contributed by atoms with van der Waals surface area (Å²) in [7, 11) is 0. The van der Waals surface area contributed by atoms with Crippen molar-refractivity contribution in [2.24, 2.45) is 11.3 Å². The number of halogens is 2. The smallest absolute Gasteiger partial charge is 0.101 e. The largest absolute Gasteiger partial charge is 0.127 e. The molecule has 0 spiro atoms. The Balaban J connectivity index is 2.09. The summed E-state index contributed by atoms with van der Waals surface area (Å²) in [5.74, 6) is 0.577. The van der Waals surface area contributed by atoms with E-state index in [-0.39, 0.29) is 5.41 Å². The quantitative estimate of drug-likeness (QED) is 0.523. The predicted octanol–water partition coefficient (Wildman–Crippen LogP) is 4.15. The van der Waals surface area contributed by atoms with E-state index < -0.39 is 4.33 Å². The van der Waals surface area contributed by atoms with Crippen molar-refractivity contribution in [3.05, 3.63) is 0 Å². The second-order valence-electron chi connectivity index (χ2n) is 4.55. The molecule has 12 heavy (non-hydrogen) atoms. The molecule has 2 unspecified atom stereocenters. The number of alkyl halides is 2. The van der Waals surface area contributed by atoms with Gasteiger partial charge < -0.3 is 0 Å². The maximum absolute atomic E-state index is 6.27. The van der Waals surface area contributed by atoms with Crippen molar-refractivity contribution in [2.45, 2.75) is 49.8 Å². The number of hydrogen-bond donors (Lipinski definition) is 0. The van der Waals surface area contributed by atoms with Gasteiger partial charge in [0.2, 0.25) is 0 Å². The minimum atomic E-state index is -0.392. The van der Waals surface area contributed by atoms with Crippen LogP contribution in [0.25, 0.3) is 0 Å². The number of fused-ring (bicyclic) bond motifs is 1. The van der Waals surface area contributed by atoms with Gasteiger partial charge in [0.05, 0.1) is 0 Å². The number of rotatable bonds is 0. The molecule has 0 aromatic carbocycles. The van der Waals surface area contributed by atoms with Crippen LogP contribution >= 0.6 is 23.2 Å². The number of hydrogen-bond acceptors (Lipinski definition) is 0. The van der Waals surface area contributed by atoms with E-state index in [1.165, 1.54) is 38.5 Å². The maximum Gasteiger partial charge on any atom is 0.127 e. The molecule has 2 aliphatic carbocycles. The van der Waals surface area contributed by atoms with Gasteiger partial charge >= 0.3 is 0 Å². The fourth-order valence-electron chi connectivity index (χ4n) is 2.71. The predicted molar refractivity (Wildman–Crippen MR) is 53.7 cm³/mol. The summed E-state index contributed by atoms with van der Waals surface area (Å²) in [6.45, 7) is 2.25. The van der Waals surface area contributed by atoms with Crippen LogP contribution in [-0.4, -0.2) is 4.33 Å². The molecule has 2 heteroatoms. The Labute approximate surface area is 84.6 Å². The van der Waals surface area contributed by atoms with E-state index in [0.29, 0.717) is 5.92 Å². The summed E-state index contributed by atoms with van der Waals surface area (Å²) in [6.07, 6.45) is 7.84. The van der Waals surface area contributed by atoms with Crippen LogP contribution in [0.5, 0.6) is 0 Å². The van der Waals surface area contributed by atoms with Crippen molar-refractivity contribution < 1.29 is 0 Å². The Hall–Kier alpha value is 0.580. The van der Waals surface area contributed by atoms with Gasteiger partial charge in [0, 0.05) is 11.3 Å². The summed E-state index contributed by atoms with van der Waals surface area (Å²) in [5, 5.41) is 0. The zero-order valence-electron chi connectivity index (χ0n) is 7.58. The second kappa shape index (κ2) is 2.78. The molecule has 0 aromatic rings. The molecule has 2 fully saturated rings. The lowest BCUT2D eigenvalue weighted by Crippen LogP contribution is -2.04. The molecule has 70 valence electrons. The van der Waals surface area contributed by atoms with Gasteiger partial charge in [0.15, 0.2) is 0 Å². The first-order valence-corrected chi connectivity index (χ1v) is 5.72. The molecule has 0 radical (unpaired) electrons. The zero-order chi connectivity index (χ0) is 8.82. The lowest BCUT2D eigenvalue weighted by molar-refractivity contribution is 0.384. The van der Waals surface area contributed by atoms with Crippen LogP contribution in [0, 0.1) is 11.3 Å². The molecule has 0 saturated heterocycles. The third-order valence-corrected chi connectivity index (χ3v) is 5.21. The van der Waals surface area contributed by atoms with Crippen molar-refractivity contribution in [2.75, 3.05) is 0 Å². The third kappa shape index (κ3) is 1.11. The normalized spacial score (nSPS) is 45.8. The summed E-state index contributed by atoms with van der Waals surface area (Å²) in [4.78, 5) is 0. The van der Waals surface area contributed by atoms with Crippen LogP contribution in [0.1, 0.15) is 45.4 Å². The lowest BCUT2D eigenvalue weighted by atomic mass is 9.92. The zero-order valence-corrected chi connectivity index (χ0v) is 9.09. The van der Waals surface area contributed by atoms with E-state index in [4.69, 9.17) is 23.2 Å². The van der Waals surface area contributed by atoms with Gasteiger partial charge in [0.1, 0.15) is 4.33 Å². The van der Waals surface area contributed by atoms with Gasteiger partial charge in [-0.2, -0.15) is 0 Å². The monoisotopic (exact) mass is 206 g/mol. The molecular weight excluding hydrogens is 191 g/mol. The van der Waals surface area contributed by atoms with E-state index in [9.17, 15) is 0 Å². The van der Waals surface area contributed by atoms with Crippen molar-refractivity contribution in [3.63, 3.8) is 0 Å². The summed E-state index contributed by atoms with van der Waals surface area (Å²) >= 11 is 12.5. The highest BCUT2D eigenvalue weighted by Gasteiger charge is 2.71. The fourth-order valence-corrected chi connectivity index (χ4v) is 3.75. The molecule has 2 rings (SSSR count). The van der Waals surface area contributed by atoms with Crippen molar-refractivity contribution in [1.29, 1.82) is 0 Å². The Kier molecular flexibility index (Phi) is 2.12. The summed E-state index contributed by atoms with van der Waals surface area (Å²) in [5.41, 5.74) is 0.247. The molecule has 0 heterocycles. The molecule has 0 aromatic heterocycles. The van der Waals surface area contributed by atoms with E-state index in [2.05, 4.69) is 6.92 Å². The highest BCUT2D eigenvalue weighted by molar-refractivity contribution is 6.51. The molecule has 0 nitrogen and oxygen atoms in total. The average molecular weight is 207 g/mol. The molecule has 0 aliphatic heterocycles. The standard InChI is InChI=1S/C10H16Cl2/c1-9-7-5-3-2-4-6-8(9)10(9,11)12/h8H,2-7H2,1H3. The minimum absolute atomic E-state index is 0.247. The van der Waals surface area contributed by atoms with Gasteiger partial charge in [-0.3, -0.25) is 0 Å². The van der Waals surface area contributed by atoms with Gasteiger partial charge in [0.25, 0.3) is 0 Å². The molecule has 2 atom stereocenters. The first kappa shape index (κ1) is 9.15. The minimum Gasteiger partial charge on any atom is -0.101 e.